The van der Waals surface area contributed by atoms with Gasteiger partial charge in [0.1, 0.15) is 5.82 Å². The summed E-state index contributed by atoms with van der Waals surface area (Å²) in [5.74, 6) is -1.08. The molecule has 1 aliphatic heterocycles. The van der Waals surface area contributed by atoms with Gasteiger partial charge in [0.15, 0.2) is 0 Å². The first-order valence-electron chi connectivity index (χ1n) is 8.82. The number of hydrogen-bond donors (Lipinski definition) is 1. The quantitative estimate of drug-likeness (QED) is 0.802. The van der Waals surface area contributed by atoms with E-state index < -0.39 is 15.9 Å². The van der Waals surface area contributed by atoms with Crippen LogP contribution in [0.1, 0.15) is 44.6 Å². The van der Waals surface area contributed by atoms with Crippen molar-refractivity contribution in [1.29, 1.82) is 0 Å². The van der Waals surface area contributed by atoms with Crippen molar-refractivity contribution in [3.8, 4) is 0 Å². The summed E-state index contributed by atoms with van der Waals surface area (Å²) >= 11 is 0. The van der Waals surface area contributed by atoms with Crippen molar-refractivity contribution in [1.82, 2.24) is 9.62 Å². The van der Waals surface area contributed by atoms with Crippen molar-refractivity contribution in [2.45, 2.75) is 39.0 Å². The number of hydrogen-bond acceptors (Lipinski definition) is 3. The Balaban J connectivity index is 1.94. The van der Waals surface area contributed by atoms with E-state index in [9.17, 15) is 17.6 Å². The van der Waals surface area contributed by atoms with Crippen LogP contribution in [0.2, 0.25) is 0 Å². The van der Waals surface area contributed by atoms with Crippen LogP contribution in [0.4, 0.5) is 4.39 Å². The lowest BCUT2D eigenvalue weighted by Gasteiger charge is -2.26. The molecule has 0 bridgehead atoms. The number of carbonyl (C=O) groups is 1. The summed E-state index contributed by atoms with van der Waals surface area (Å²) in [4.78, 5) is 12.5. The molecule has 0 spiro atoms. The summed E-state index contributed by atoms with van der Waals surface area (Å²) < 4.78 is 39.2. The maximum Gasteiger partial charge on any atom is 0.227 e. The van der Waals surface area contributed by atoms with Gasteiger partial charge in [-0.05, 0) is 36.5 Å². The molecule has 0 aliphatic carbocycles. The molecule has 1 aromatic rings. The number of carbonyl (C=O) groups excluding carboxylic acids is 1. The maximum absolute atomic E-state index is 13.1. The number of amides is 1. The molecule has 7 heteroatoms. The highest BCUT2D eigenvalue weighted by Gasteiger charge is 2.26. The second-order valence-corrected chi connectivity index (χ2v) is 8.93. The van der Waals surface area contributed by atoms with E-state index in [-0.39, 0.29) is 29.9 Å². The summed E-state index contributed by atoms with van der Waals surface area (Å²) in [6.07, 6.45) is 2.85. The van der Waals surface area contributed by atoms with Gasteiger partial charge < -0.3 is 5.32 Å². The van der Waals surface area contributed by atoms with Gasteiger partial charge in [-0.2, -0.15) is 0 Å². The first-order valence-corrected chi connectivity index (χ1v) is 10.4. The Labute approximate surface area is 149 Å². The van der Waals surface area contributed by atoms with Crippen molar-refractivity contribution in [3.63, 3.8) is 0 Å². The molecule has 1 amide bonds. The molecular weight excluding hydrogens is 343 g/mol. The minimum atomic E-state index is -3.33. The second kappa shape index (κ2) is 8.76. The van der Waals surface area contributed by atoms with Gasteiger partial charge in [-0.25, -0.2) is 17.1 Å². The predicted molar refractivity (Wildman–Crippen MR) is 96.2 cm³/mol. The summed E-state index contributed by atoms with van der Waals surface area (Å²) in [5, 5.41) is 2.73. The van der Waals surface area contributed by atoms with Gasteiger partial charge in [-0.15, -0.1) is 0 Å². The van der Waals surface area contributed by atoms with Crippen LogP contribution in [0, 0.1) is 11.7 Å². The third-order valence-electron chi connectivity index (χ3n) is 4.55. The molecule has 2 rings (SSSR count). The molecule has 25 heavy (non-hydrogen) atoms. The fraction of sp³-hybridized carbons (Fsp3) is 0.611. The zero-order valence-electron chi connectivity index (χ0n) is 14.9. The van der Waals surface area contributed by atoms with Gasteiger partial charge in [0.2, 0.25) is 15.9 Å². The van der Waals surface area contributed by atoms with E-state index in [0.29, 0.717) is 13.1 Å². The number of sulfonamides is 1. The molecule has 1 aromatic carbocycles. The molecule has 140 valence electrons. The van der Waals surface area contributed by atoms with E-state index in [1.165, 1.54) is 16.4 Å². The zero-order valence-corrected chi connectivity index (χ0v) is 15.7. The lowest BCUT2D eigenvalue weighted by molar-refractivity contribution is -0.123. The van der Waals surface area contributed by atoms with Gasteiger partial charge in [0, 0.05) is 19.6 Å². The fourth-order valence-electron chi connectivity index (χ4n) is 3.19. The minimum Gasteiger partial charge on any atom is -0.354 e. The van der Waals surface area contributed by atoms with E-state index in [1.54, 1.807) is 12.1 Å². The van der Waals surface area contributed by atoms with Crippen LogP contribution in [0.25, 0.3) is 0 Å². The number of nitrogens with zero attached hydrogens (tertiary/aromatic N) is 1. The SMILES string of the molecule is CC(C)C(C(=O)NCCS(=O)(=O)N1CCCCC1)c1ccc(F)cc1. The molecule has 0 aromatic heterocycles. The molecule has 1 N–H and O–H groups in total. The third-order valence-corrected chi connectivity index (χ3v) is 6.42. The molecule has 1 heterocycles. The normalized spacial score (nSPS) is 17.4. The predicted octanol–water partition coefficient (Wildman–Crippen LogP) is 2.50. The highest BCUT2D eigenvalue weighted by molar-refractivity contribution is 7.89. The Bertz CT molecular complexity index is 668. The van der Waals surface area contributed by atoms with E-state index in [2.05, 4.69) is 5.32 Å². The summed E-state index contributed by atoms with van der Waals surface area (Å²) in [6, 6.07) is 5.87. The van der Waals surface area contributed by atoms with Crippen LogP contribution in [-0.2, 0) is 14.8 Å². The van der Waals surface area contributed by atoms with Crippen molar-refractivity contribution in [2.75, 3.05) is 25.4 Å². The largest absolute Gasteiger partial charge is 0.354 e. The standard InChI is InChI=1S/C18H27FN2O3S/c1-14(2)17(15-6-8-16(19)9-7-15)18(22)20-10-13-25(23,24)21-11-4-3-5-12-21/h6-9,14,17H,3-5,10-13H2,1-2H3,(H,20,22). The van der Waals surface area contributed by atoms with Crippen LogP contribution in [-0.4, -0.2) is 44.0 Å². The highest BCUT2D eigenvalue weighted by atomic mass is 32.2. The molecular formula is C18H27FN2O3S. The Hall–Kier alpha value is -1.47. The van der Waals surface area contributed by atoms with E-state index in [0.717, 1.165) is 24.8 Å². The van der Waals surface area contributed by atoms with E-state index >= 15 is 0 Å². The number of piperidine rings is 1. The van der Waals surface area contributed by atoms with Crippen LogP contribution in [0.3, 0.4) is 0 Å². The molecule has 0 saturated carbocycles. The molecule has 1 aliphatic rings. The molecule has 1 atom stereocenters. The molecule has 1 fully saturated rings. The van der Waals surface area contributed by atoms with Crippen LogP contribution in [0.5, 0.6) is 0 Å². The van der Waals surface area contributed by atoms with Gasteiger partial charge in [-0.1, -0.05) is 32.4 Å². The van der Waals surface area contributed by atoms with Gasteiger partial charge in [-0.3, -0.25) is 4.79 Å². The Morgan fingerprint density at radius 1 is 1.16 bits per heavy atom. The first kappa shape index (κ1) is 19.8. The first-order chi connectivity index (χ1) is 11.8. The van der Waals surface area contributed by atoms with Crippen LogP contribution >= 0.6 is 0 Å². The Morgan fingerprint density at radius 2 is 1.76 bits per heavy atom. The lowest BCUT2D eigenvalue weighted by atomic mass is 9.87. The molecule has 1 saturated heterocycles. The van der Waals surface area contributed by atoms with Crippen molar-refractivity contribution in [2.24, 2.45) is 5.92 Å². The van der Waals surface area contributed by atoms with Gasteiger partial charge in [0.05, 0.1) is 11.7 Å². The summed E-state index contributed by atoms with van der Waals surface area (Å²) in [7, 11) is -3.33. The zero-order chi connectivity index (χ0) is 18.4. The van der Waals surface area contributed by atoms with Gasteiger partial charge in [0.25, 0.3) is 0 Å². The van der Waals surface area contributed by atoms with Crippen molar-refractivity contribution < 1.29 is 17.6 Å². The smallest absolute Gasteiger partial charge is 0.227 e. The van der Waals surface area contributed by atoms with Gasteiger partial charge >= 0.3 is 0 Å². The topological polar surface area (TPSA) is 66.5 Å². The molecule has 0 radical (unpaired) electrons. The summed E-state index contributed by atoms with van der Waals surface area (Å²) in [6.45, 7) is 5.05. The number of rotatable bonds is 7. The number of nitrogens with one attached hydrogen (secondary N) is 1. The third kappa shape index (κ3) is 5.51. The monoisotopic (exact) mass is 370 g/mol. The lowest BCUT2D eigenvalue weighted by Crippen LogP contribution is -2.41. The fourth-order valence-corrected chi connectivity index (χ4v) is 4.63. The molecule has 5 nitrogen and oxygen atoms in total. The van der Waals surface area contributed by atoms with Crippen LogP contribution < -0.4 is 5.32 Å². The van der Waals surface area contributed by atoms with Crippen molar-refractivity contribution in [3.05, 3.63) is 35.6 Å². The highest BCUT2D eigenvalue weighted by Crippen LogP contribution is 2.25. The number of benzene rings is 1. The minimum absolute atomic E-state index is 0.0177. The average molecular weight is 370 g/mol. The number of halogens is 1. The molecule has 1 unspecified atom stereocenters. The Morgan fingerprint density at radius 3 is 2.32 bits per heavy atom. The summed E-state index contributed by atoms with van der Waals surface area (Å²) in [5.41, 5.74) is 0.729. The van der Waals surface area contributed by atoms with Crippen molar-refractivity contribution >= 4 is 15.9 Å². The second-order valence-electron chi connectivity index (χ2n) is 6.84. The van der Waals surface area contributed by atoms with Crippen LogP contribution in [0.15, 0.2) is 24.3 Å². The Kier molecular flexibility index (Phi) is 6.95. The van der Waals surface area contributed by atoms with E-state index in [4.69, 9.17) is 0 Å². The maximum atomic E-state index is 13.1. The average Bonchev–Trinajstić information content (AvgIpc) is 2.57. The van der Waals surface area contributed by atoms with E-state index in [1.807, 2.05) is 13.8 Å².